The molecule has 1 aliphatic heterocycles. The fourth-order valence-corrected chi connectivity index (χ4v) is 3.69. The molecule has 1 saturated heterocycles. The first-order valence-electron chi connectivity index (χ1n) is 8.29. The number of halogens is 2. The highest BCUT2D eigenvalue weighted by atomic mass is 19.1. The number of nitrogens with zero attached hydrogens (tertiary/aromatic N) is 2. The average Bonchev–Trinajstić information content (AvgIpc) is 2.54. The standard InChI is InChI=1S/C20H24F2N2/c1-13-5-7-15(21)9-17(13)19-11-24(4)20(12-23(19)3)18-10-16(22)8-6-14(18)2/h5-10,19-20H,11-12H2,1-4H3/t19-,20-/m0/s1. The summed E-state index contributed by atoms with van der Waals surface area (Å²) in [4.78, 5) is 4.49. The predicted molar refractivity (Wildman–Crippen MR) is 93.0 cm³/mol. The average molecular weight is 330 g/mol. The van der Waals surface area contributed by atoms with E-state index in [1.807, 2.05) is 26.0 Å². The maximum absolute atomic E-state index is 13.7. The molecule has 0 radical (unpaired) electrons. The zero-order valence-corrected chi connectivity index (χ0v) is 14.7. The minimum absolute atomic E-state index is 0.135. The number of piperazine rings is 1. The smallest absolute Gasteiger partial charge is 0.123 e. The van der Waals surface area contributed by atoms with Crippen LogP contribution in [-0.4, -0.2) is 37.0 Å². The second kappa shape index (κ2) is 6.61. The topological polar surface area (TPSA) is 6.48 Å². The highest BCUT2D eigenvalue weighted by Crippen LogP contribution is 2.35. The van der Waals surface area contributed by atoms with E-state index in [0.717, 1.165) is 35.3 Å². The fourth-order valence-electron chi connectivity index (χ4n) is 3.69. The van der Waals surface area contributed by atoms with E-state index in [9.17, 15) is 8.78 Å². The van der Waals surface area contributed by atoms with E-state index in [4.69, 9.17) is 0 Å². The molecule has 2 atom stereocenters. The molecule has 2 aromatic carbocycles. The molecular weight excluding hydrogens is 306 g/mol. The lowest BCUT2D eigenvalue weighted by atomic mass is 9.92. The van der Waals surface area contributed by atoms with Crippen LogP contribution >= 0.6 is 0 Å². The van der Waals surface area contributed by atoms with Gasteiger partial charge in [-0.1, -0.05) is 12.1 Å². The summed E-state index contributed by atoms with van der Waals surface area (Å²) < 4.78 is 27.4. The number of benzene rings is 2. The van der Waals surface area contributed by atoms with Crippen LogP contribution in [0.2, 0.25) is 0 Å². The van der Waals surface area contributed by atoms with Gasteiger partial charge in [0.05, 0.1) is 0 Å². The quantitative estimate of drug-likeness (QED) is 0.812. The van der Waals surface area contributed by atoms with Gasteiger partial charge in [-0.05, 0) is 74.5 Å². The minimum Gasteiger partial charge on any atom is -0.296 e. The van der Waals surface area contributed by atoms with E-state index in [0.29, 0.717) is 0 Å². The minimum atomic E-state index is -0.199. The first kappa shape index (κ1) is 17.1. The van der Waals surface area contributed by atoms with Crippen molar-refractivity contribution >= 4 is 0 Å². The van der Waals surface area contributed by atoms with Gasteiger partial charge in [0.1, 0.15) is 11.6 Å². The molecule has 0 spiro atoms. The van der Waals surface area contributed by atoms with Gasteiger partial charge in [-0.3, -0.25) is 9.80 Å². The van der Waals surface area contributed by atoms with Crippen molar-refractivity contribution in [3.63, 3.8) is 0 Å². The molecule has 2 nitrogen and oxygen atoms in total. The van der Waals surface area contributed by atoms with Gasteiger partial charge in [0, 0.05) is 25.2 Å². The third kappa shape index (κ3) is 3.21. The molecule has 0 amide bonds. The lowest BCUT2D eigenvalue weighted by molar-refractivity contribution is 0.0615. The molecule has 1 fully saturated rings. The number of aryl methyl sites for hydroxylation is 2. The van der Waals surface area contributed by atoms with E-state index >= 15 is 0 Å². The third-order valence-electron chi connectivity index (χ3n) is 5.19. The van der Waals surface area contributed by atoms with Gasteiger partial charge in [-0.2, -0.15) is 0 Å². The van der Waals surface area contributed by atoms with Crippen molar-refractivity contribution < 1.29 is 8.78 Å². The van der Waals surface area contributed by atoms with Crippen LogP contribution in [0.5, 0.6) is 0 Å². The zero-order valence-electron chi connectivity index (χ0n) is 14.7. The van der Waals surface area contributed by atoms with Gasteiger partial charge < -0.3 is 0 Å². The summed E-state index contributed by atoms with van der Waals surface area (Å²) in [6, 6.07) is 10.2. The summed E-state index contributed by atoms with van der Waals surface area (Å²) in [5.74, 6) is -0.399. The van der Waals surface area contributed by atoms with Gasteiger partial charge in [0.25, 0.3) is 0 Å². The Hall–Kier alpha value is -1.78. The van der Waals surface area contributed by atoms with Gasteiger partial charge >= 0.3 is 0 Å². The Morgan fingerprint density at radius 2 is 1.12 bits per heavy atom. The summed E-state index contributed by atoms with van der Waals surface area (Å²) in [5, 5.41) is 0. The second-order valence-corrected chi connectivity index (χ2v) is 6.91. The van der Waals surface area contributed by atoms with Crippen LogP contribution in [0.3, 0.4) is 0 Å². The SMILES string of the molecule is Cc1ccc(F)cc1[C@@H]1CN(C)[C@H](c2cc(F)ccc2C)CN1C. The molecule has 2 aromatic rings. The van der Waals surface area contributed by atoms with Crippen LogP contribution in [0.15, 0.2) is 36.4 Å². The molecule has 0 saturated carbocycles. The van der Waals surface area contributed by atoms with E-state index in [1.54, 1.807) is 12.1 Å². The fraction of sp³-hybridized carbons (Fsp3) is 0.400. The highest BCUT2D eigenvalue weighted by molar-refractivity contribution is 5.33. The van der Waals surface area contributed by atoms with Crippen molar-refractivity contribution in [2.75, 3.05) is 27.2 Å². The Kier molecular flexibility index (Phi) is 4.70. The number of hydrogen-bond donors (Lipinski definition) is 0. The molecule has 0 unspecified atom stereocenters. The lowest BCUT2D eigenvalue weighted by Crippen LogP contribution is -2.47. The number of hydrogen-bond acceptors (Lipinski definition) is 2. The van der Waals surface area contributed by atoms with Crippen molar-refractivity contribution in [3.05, 3.63) is 70.3 Å². The highest BCUT2D eigenvalue weighted by Gasteiger charge is 2.33. The normalized spacial score (nSPS) is 22.8. The molecule has 1 heterocycles. The van der Waals surface area contributed by atoms with Crippen LogP contribution < -0.4 is 0 Å². The van der Waals surface area contributed by atoms with Crippen molar-refractivity contribution in [3.8, 4) is 0 Å². The van der Waals surface area contributed by atoms with Crippen LogP contribution in [0.25, 0.3) is 0 Å². The Bertz CT molecular complexity index is 681. The first-order chi connectivity index (χ1) is 11.4. The predicted octanol–water partition coefficient (Wildman–Crippen LogP) is 4.24. The molecule has 0 bridgehead atoms. The molecule has 0 N–H and O–H groups in total. The van der Waals surface area contributed by atoms with Gasteiger partial charge in [-0.15, -0.1) is 0 Å². The van der Waals surface area contributed by atoms with Crippen molar-refractivity contribution in [1.29, 1.82) is 0 Å². The molecule has 4 heteroatoms. The number of likely N-dealkylation sites (N-methyl/N-ethyl adjacent to an activating group) is 2. The van der Waals surface area contributed by atoms with Crippen LogP contribution in [-0.2, 0) is 0 Å². The summed E-state index contributed by atoms with van der Waals surface area (Å²) in [6.07, 6.45) is 0. The van der Waals surface area contributed by atoms with Crippen molar-refractivity contribution in [1.82, 2.24) is 9.80 Å². The molecule has 24 heavy (non-hydrogen) atoms. The Morgan fingerprint density at radius 3 is 1.50 bits per heavy atom. The van der Waals surface area contributed by atoms with Gasteiger partial charge in [0.15, 0.2) is 0 Å². The lowest BCUT2D eigenvalue weighted by Gasteiger charge is -2.44. The number of rotatable bonds is 2. The molecular formula is C20H24F2N2. The van der Waals surface area contributed by atoms with E-state index in [-0.39, 0.29) is 23.7 Å². The van der Waals surface area contributed by atoms with Crippen LogP contribution in [0.4, 0.5) is 8.78 Å². The monoisotopic (exact) mass is 330 g/mol. The van der Waals surface area contributed by atoms with Gasteiger partial charge in [0.2, 0.25) is 0 Å². The van der Waals surface area contributed by atoms with E-state index in [2.05, 4.69) is 23.9 Å². The van der Waals surface area contributed by atoms with E-state index in [1.165, 1.54) is 12.1 Å². The Balaban J connectivity index is 1.89. The Labute approximate surface area is 142 Å². The molecule has 0 aliphatic carbocycles. The van der Waals surface area contributed by atoms with E-state index < -0.39 is 0 Å². The van der Waals surface area contributed by atoms with Crippen LogP contribution in [0.1, 0.15) is 34.3 Å². The molecule has 1 aliphatic rings. The van der Waals surface area contributed by atoms with Crippen molar-refractivity contribution in [2.45, 2.75) is 25.9 Å². The molecule has 128 valence electrons. The maximum Gasteiger partial charge on any atom is 0.123 e. The summed E-state index contributed by atoms with van der Waals surface area (Å²) >= 11 is 0. The maximum atomic E-state index is 13.7. The summed E-state index contributed by atoms with van der Waals surface area (Å²) in [6.45, 7) is 5.60. The van der Waals surface area contributed by atoms with Crippen LogP contribution in [0, 0.1) is 25.5 Å². The second-order valence-electron chi connectivity index (χ2n) is 6.91. The Morgan fingerprint density at radius 1 is 0.750 bits per heavy atom. The largest absolute Gasteiger partial charge is 0.296 e. The van der Waals surface area contributed by atoms with Crippen molar-refractivity contribution in [2.24, 2.45) is 0 Å². The third-order valence-corrected chi connectivity index (χ3v) is 5.19. The first-order valence-corrected chi connectivity index (χ1v) is 8.29. The zero-order chi connectivity index (χ0) is 17.4. The van der Waals surface area contributed by atoms with Gasteiger partial charge in [-0.25, -0.2) is 8.78 Å². The summed E-state index contributed by atoms with van der Waals surface area (Å²) in [5.41, 5.74) is 4.25. The molecule has 3 rings (SSSR count). The summed E-state index contributed by atoms with van der Waals surface area (Å²) in [7, 11) is 4.12. The molecule has 0 aromatic heterocycles.